The zero-order chi connectivity index (χ0) is 14.9. The number of hydrogen-bond donors (Lipinski definition) is 1. The number of hydrogen-bond acceptors (Lipinski definition) is 4. The van der Waals surface area contributed by atoms with Gasteiger partial charge in [0.25, 0.3) is 0 Å². The van der Waals surface area contributed by atoms with E-state index in [2.05, 4.69) is 4.98 Å². The zero-order valence-electron chi connectivity index (χ0n) is 12.0. The number of carboxylic acids is 1. The van der Waals surface area contributed by atoms with Crippen LogP contribution in [-0.2, 0) is 16.0 Å². The Balaban J connectivity index is 2.52. The van der Waals surface area contributed by atoms with Crippen molar-refractivity contribution in [1.29, 1.82) is 0 Å². The van der Waals surface area contributed by atoms with E-state index in [1.807, 2.05) is 0 Å². The van der Waals surface area contributed by atoms with Crippen LogP contribution >= 0.6 is 0 Å². The molecule has 0 saturated heterocycles. The monoisotopic (exact) mass is 280 g/mol. The van der Waals surface area contributed by atoms with Crippen LogP contribution in [0.25, 0.3) is 0 Å². The molecule has 1 aromatic rings. The molecule has 1 aromatic heterocycles. The number of methoxy groups -OCH3 is 1. The van der Waals surface area contributed by atoms with Crippen LogP contribution in [0.1, 0.15) is 42.3 Å². The Labute approximate surface area is 117 Å². The van der Waals surface area contributed by atoms with Crippen LogP contribution in [0.3, 0.4) is 0 Å². The lowest BCUT2D eigenvalue weighted by Gasteiger charge is -2.24. The summed E-state index contributed by atoms with van der Waals surface area (Å²) in [5.74, 6) is -0.919. The summed E-state index contributed by atoms with van der Waals surface area (Å²) in [6.45, 7) is 3.47. The van der Waals surface area contributed by atoms with Crippen molar-refractivity contribution in [2.24, 2.45) is 0 Å². The molecule has 2 unspecified atom stereocenters. The molecular weight excluding hydrogens is 260 g/mol. The lowest BCUT2D eigenvalue weighted by atomic mass is 10.1. The lowest BCUT2D eigenvalue weighted by Crippen LogP contribution is -2.35. The molecule has 20 heavy (non-hydrogen) atoms. The van der Waals surface area contributed by atoms with Gasteiger partial charge in [-0.15, -0.1) is 0 Å². The fraction of sp³-hybridized carbons (Fsp3) is 0.643. The summed E-state index contributed by atoms with van der Waals surface area (Å²) in [6, 6.07) is -0.0480. The summed E-state index contributed by atoms with van der Waals surface area (Å²) in [5, 5.41) is 9.00. The van der Waals surface area contributed by atoms with Crippen molar-refractivity contribution < 1.29 is 14.6 Å². The number of nitrogens with zero attached hydrogens (tertiary/aromatic N) is 2. The number of carbonyl (C=O) groups is 1. The highest BCUT2D eigenvalue weighted by atomic mass is 16.5. The number of carboxylic acid groups (broad SMARTS) is 1. The molecule has 6 heteroatoms. The van der Waals surface area contributed by atoms with Crippen LogP contribution in [0.15, 0.2) is 4.79 Å². The van der Waals surface area contributed by atoms with Crippen LogP contribution in [0.4, 0.5) is 0 Å². The van der Waals surface area contributed by atoms with Gasteiger partial charge in [0.05, 0.1) is 18.6 Å². The van der Waals surface area contributed by atoms with Crippen molar-refractivity contribution in [2.75, 3.05) is 7.11 Å². The first-order chi connectivity index (χ1) is 9.45. The van der Waals surface area contributed by atoms with Crippen LogP contribution in [0.2, 0.25) is 0 Å². The van der Waals surface area contributed by atoms with Gasteiger partial charge in [-0.2, -0.15) is 4.98 Å². The maximum Gasteiger partial charge on any atom is 0.348 e. The molecule has 1 fully saturated rings. The summed E-state index contributed by atoms with van der Waals surface area (Å²) in [6.07, 6.45) is 2.65. The molecule has 2 atom stereocenters. The number of aliphatic carboxylic acids is 1. The van der Waals surface area contributed by atoms with Crippen molar-refractivity contribution in [1.82, 2.24) is 9.55 Å². The fourth-order valence-corrected chi connectivity index (χ4v) is 3.09. The van der Waals surface area contributed by atoms with E-state index in [4.69, 9.17) is 9.84 Å². The number of rotatable bonds is 4. The summed E-state index contributed by atoms with van der Waals surface area (Å²) in [7, 11) is 1.64. The van der Waals surface area contributed by atoms with Gasteiger partial charge in [0.15, 0.2) is 0 Å². The average Bonchev–Trinajstić information content (AvgIpc) is 2.82. The lowest BCUT2D eigenvalue weighted by molar-refractivity contribution is -0.136. The number of aromatic nitrogens is 2. The third-order valence-corrected chi connectivity index (χ3v) is 4.08. The first-order valence-electron chi connectivity index (χ1n) is 6.79. The van der Waals surface area contributed by atoms with Gasteiger partial charge in [-0.25, -0.2) is 4.79 Å². The minimum atomic E-state index is -0.919. The molecule has 0 amide bonds. The van der Waals surface area contributed by atoms with Gasteiger partial charge in [0, 0.05) is 24.1 Å². The van der Waals surface area contributed by atoms with Gasteiger partial charge < -0.3 is 9.84 Å². The maximum atomic E-state index is 12.2. The van der Waals surface area contributed by atoms with Crippen molar-refractivity contribution >= 4 is 5.97 Å². The Bertz CT molecular complexity index is 579. The minimum Gasteiger partial charge on any atom is -0.481 e. The topological polar surface area (TPSA) is 81.4 Å². The highest BCUT2D eigenvalue weighted by Crippen LogP contribution is 2.32. The van der Waals surface area contributed by atoms with Gasteiger partial charge in [-0.3, -0.25) is 9.36 Å². The molecule has 2 rings (SSSR count). The van der Waals surface area contributed by atoms with Crippen LogP contribution in [-0.4, -0.2) is 33.8 Å². The predicted molar refractivity (Wildman–Crippen MR) is 73.0 cm³/mol. The Morgan fingerprint density at radius 3 is 2.75 bits per heavy atom. The highest BCUT2D eigenvalue weighted by Gasteiger charge is 2.31. The van der Waals surface area contributed by atoms with Gasteiger partial charge >= 0.3 is 11.7 Å². The molecule has 6 nitrogen and oxygen atoms in total. The molecule has 0 aliphatic heterocycles. The van der Waals surface area contributed by atoms with E-state index >= 15 is 0 Å². The quantitative estimate of drug-likeness (QED) is 0.897. The summed E-state index contributed by atoms with van der Waals surface area (Å²) >= 11 is 0. The average molecular weight is 280 g/mol. The molecule has 1 aliphatic carbocycles. The van der Waals surface area contributed by atoms with E-state index < -0.39 is 5.97 Å². The van der Waals surface area contributed by atoms with Gasteiger partial charge in [-0.1, -0.05) is 0 Å². The molecule has 0 bridgehead atoms. The molecule has 1 heterocycles. The van der Waals surface area contributed by atoms with Gasteiger partial charge in [0.1, 0.15) is 0 Å². The van der Waals surface area contributed by atoms with Crippen molar-refractivity contribution in [3.8, 4) is 0 Å². The molecule has 110 valence electrons. The van der Waals surface area contributed by atoms with Crippen molar-refractivity contribution in [3.05, 3.63) is 27.4 Å². The third-order valence-electron chi connectivity index (χ3n) is 4.08. The van der Waals surface area contributed by atoms with E-state index in [-0.39, 0.29) is 24.3 Å². The van der Waals surface area contributed by atoms with E-state index in [0.29, 0.717) is 17.0 Å². The second-order valence-electron chi connectivity index (χ2n) is 5.26. The number of ether oxygens (including phenoxy) is 1. The van der Waals surface area contributed by atoms with Crippen molar-refractivity contribution in [3.63, 3.8) is 0 Å². The number of aryl methyl sites for hydroxylation is 1. The molecule has 0 aromatic carbocycles. The molecule has 0 spiro atoms. The standard InChI is InChI=1S/C14H20N2O4/c1-8-10(7-13(17)18)9(2)16(14(19)15-8)11-5-4-6-12(11)20-3/h11-12H,4-7H2,1-3H3,(H,17,18). The van der Waals surface area contributed by atoms with Crippen LogP contribution in [0, 0.1) is 13.8 Å². The first kappa shape index (κ1) is 14.7. The molecule has 1 saturated carbocycles. The van der Waals surface area contributed by atoms with Crippen molar-refractivity contribution in [2.45, 2.75) is 51.7 Å². The Morgan fingerprint density at radius 2 is 2.15 bits per heavy atom. The first-order valence-corrected chi connectivity index (χ1v) is 6.79. The smallest absolute Gasteiger partial charge is 0.348 e. The van der Waals surface area contributed by atoms with E-state index in [1.54, 1.807) is 25.5 Å². The molecule has 1 aliphatic rings. The van der Waals surface area contributed by atoms with Crippen LogP contribution < -0.4 is 5.69 Å². The second kappa shape index (κ2) is 5.75. The summed E-state index contributed by atoms with van der Waals surface area (Å²) < 4.78 is 7.05. The van der Waals surface area contributed by atoms with E-state index in [1.165, 1.54) is 0 Å². The predicted octanol–water partition coefficient (Wildman–Crippen LogP) is 1.23. The zero-order valence-corrected chi connectivity index (χ0v) is 12.0. The van der Waals surface area contributed by atoms with E-state index in [0.717, 1.165) is 19.3 Å². The normalized spacial score (nSPS) is 22.1. The van der Waals surface area contributed by atoms with Gasteiger partial charge in [-0.05, 0) is 33.1 Å². The Kier molecular flexibility index (Phi) is 4.23. The minimum absolute atomic E-state index is 0.00594. The van der Waals surface area contributed by atoms with Crippen LogP contribution in [0.5, 0.6) is 0 Å². The Hall–Kier alpha value is -1.69. The highest BCUT2D eigenvalue weighted by molar-refractivity contribution is 5.70. The second-order valence-corrected chi connectivity index (χ2v) is 5.26. The van der Waals surface area contributed by atoms with E-state index in [9.17, 15) is 9.59 Å². The third kappa shape index (κ3) is 2.60. The Morgan fingerprint density at radius 1 is 1.45 bits per heavy atom. The molecule has 1 N–H and O–H groups in total. The van der Waals surface area contributed by atoms with Gasteiger partial charge in [0.2, 0.25) is 0 Å². The fourth-order valence-electron chi connectivity index (χ4n) is 3.09. The molecular formula is C14H20N2O4. The SMILES string of the molecule is COC1CCCC1n1c(C)c(CC(=O)O)c(C)nc1=O. The molecule has 0 radical (unpaired) electrons. The maximum absolute atomic E-state index is 12.2. The largest absolute Gasteiger partial charge is 0.481 e. The summed E-state index contributed by atoms with van der Waals surface area (Å²) in [4.78, 5) is 27.2. The summed E-state index contributed by atoms with van der Waals surface area (Å²) in [5.41, 5.74) is 1.50.